The summed E-state index contributed by atoms with van der Waals surface area (Å²) in [6, 6.07) is 36.6. The second kappa shape index (κ2) is 9.30. The van der Waals surface area contributed by atoms with E-state index in [0.29, 0.717) is 24.2 Å². The van der Waals surface area contributed by atoms with Crippen molar-refractivity contribution in [2.75, 3.05) is 0 Å². The predicted octanol–water partition coefficient (Wildman–Crippen LogP) is 6.26. The van der Waals surface area contributed by atoms with E-state index in [9.17, 15) is 9.59 Å². The number of carbonyl (C=O) groups excluding carboxylic acids is 2. The number of hydrogen-bond acceptors (Lipinski definition) is 2. The molecule has 4 aromatic carbocycles. The molecule has 0 bridgehead atoms. The van der Waals surface area contributed by atoms with E-state index in [4.69, 9.17) is 0 Å². The monoisotopic (exact) mass is 507 g/mol. The fraction of sp³-hybridized carbons (Fsp3) is 0.0588. The Balaban J connectivity index is 1.43. The van der Waals surface area contributed by atoms with Gasteiger partial charge >= 0.3 is 0 Å². The lowest BCUT2D eigenvalue weighted by Gasteiger charge is -2.05. The second-order valence-corrected chi connectivity index (χ2v) is 9.88. The van der Waals surface area contributed by atoms with Crippen LogP contribution in [0.3, 0.4) is 0 Å². The van der Waals surface area contributed by atoms with E-state index < -0.39 is 0 Å². The van der Waals surface area contributed by atoms with Crippen LogP contribution in [0.25, 0.3) is 33.0 Å². The zero-order valence-corrected chi connectivity index (χ0v) is 21.2. The number of rotatable bonds is 6. The largest absolute Gasteiger partial charge is 0.342 e. The number of aromatic nitrogens is 2. The van der Waals surface area contributed by atoms with Crippen LogP contribution in [0.4, 0.5) is 0 Å². The molecule has 5 nitrogen and oxygen atoms in total. The van der Waals surface area contributed by atoms with E-state index in [-0.39, 0.29) is 11.8 Å². The number of carbonyl (C=O) groups is 2. The van der Waals surface area contributed by atoms with Crippen LogP contribution in [0, 0.1) is 0 Å². The van der Waals surface area contributed by atoms with Crippen LogP contribution in [0.1, 0.15) is 22.3 Å². The van der Waals surface area contributed by atoms with Crippen LogP contribution >= 0.6 is 0 Å². The molecule has 0 saturated carbocycles. The van der Waals surface area contributed by atoms with E-state index in [1.807, 2.05) is 85.2 Å². The van der Waals surface area contributed by atoms with Crippen molar-refractivity contribution in [2.45, 2.75) is 13.1 Å². The Kier molecular flexibility index (Phi) is 5.48. The molecule has 2 aromatic heterocycles. The first-order valence-corrected chi connectivity index (χ1v) is 13.0. The Morgan fingerprint density at radius 2 is 0.872 bits per heavy atom. The van der Waals surface area contributed by atoms with Crippen LogP contribution < -0.4 is 5.32 Å². The minimum absolute atomic E-state index is 0.363. The molecule has 5 heteroatoms. The molecule has 1 aliphatic rings. The van der Waals surface area contributed by atoms with Gasteiger partial charge in [0.2, 0.25) is 0 Å². The highest BCUT2D eigenvalue weighted by molar-refractivity contribution is 6.50. The summed E-state index contributed by atoms with van der Waals surface area (Å²) in [5, 5.41) is 4.48. The number of nitrogens with zero attached hydrogens (tertiary/aromatic N) is 2. The number of fused-ring (bicyclic) bond motifs is 2. The summed E-state index contributed by atoms with van der Waals surface area (Å²) in [6.07, 6.45) is 4.02. The molecule has 2 amide bonds. The highest BCUT2D eigenvalue weighted by Gasteiger charge is 2.35. The predicted molar refractivity (Wildman–Crippen MR) is 155 cm³/mol. The standard InChI is InChI=1S/C34H25N3O2/c38-33-31(27-21-36(19-23-11-3-1-4-12-23)29-17-9-7-15-25(27)29)32(34(39)35-33)28-22-37(20-24-13-5-2-6-14-24)30-18-10-8-16-26(28)30/h1-18,21-22H,19-20H2,(H,35,38,39). The van der Waals surface area contributed by atoms with Crippen molar-refractivity contribution in [1.29, 1.82) is 0 Å². The normalized spacial score (nSPS) is 13.5. The maximum atomic E-state index is 13.4. The Labute approximate surface area is 225 Å². The van der Waals surface area contributed by atoms with Gasteiger partial charge in [-0.3, -0.25) is 14.9 Å². The van der Waals surface area contributed by atoms with Gasteiger partial charge in [-0.1, -0.05) is 97.1 Å². The number of amides is 2. The molecule has 0 aliphatic carbocycles. The van der Waals surface area contributed by atoms with Crippen molar-refractivity contribution in [3.63, 3.8) is 0 Å². The number of benzene rings is 4. The molecule has 0 fully saturated rings. The van der Waals surface area contributed by atoms with Crippen molar-refractivity contribution < 1.29 is 9.59 Å². The third-order valence-electron chi connectivity index (χ3n) is 7.44. The van der Waals surface area contributed by atoms with Gasteiger partial charge in [0.05, 0.1) is 11.1 Å². The summed E-state index contributed by atoms with van der Waals surface area (Å²) in [5.74, 6) is -0.727. The molecule has 7 rings (SSSR count). The molecule has 0 atom stereocenters. The van der Waals surface area contributed by atoms with E-state index in [2.05, 4.69) is 50.8 Å². The van der Waals surface area contributed by atoms with Gasteiger partial charge in [-0.15, -0.1) is 0 Å². The van der Waals surface area contributed by atoms with Gasteiger partial charge in [0.25, 0.3) is 11.8 Å². The summed E-state index contributed by atoms with van der Waals surface area (Å²) in [7, 11) is 0. The topological polar surface area (TPSA) is 56.0 Å². The lowest BCUT2D eigenvalue weighted by molar-refractivity contribution is -0.122. The lowest BCUT2D eigenvalue weighted by atomic mass is 9.95. The summed E-state index contributed by atoms with van der Waals surface area (Å²) in [6.45, 7) is 1.33. The average molecular weight is 508 g/mol. The van der Waals surface area contributed by atoms with Crippen molar-refractivity contribution in [3.8, 4) is 0 Å². The third kappa shape index (κ3) is 3.96. The first-order valence-electron chi connectivity index (χ1n) is 13.0. The molecule has 6 aromatic rings. The van der Waals surface area contributed by atoms with Gasteiger partial charge in [0, 0.05) is 58.4 Å². The Bertz CT molecular complexity index is 1770. The Morgan fingerprint density at radius 3 is 1.31 bits per heavy atom. The third-order valence-corrected chi connectivity index (χ3v) is 7.44. The smallest absolute Gasteiger partial charge is 0.259 e. The number of nitrogens with one attached hydrogen (secondary N) is 1. The lowest BCUT2D eigenvalue weighted by Crippen LogP contribution is -2.22. The molecule has 0 unspecified atom stereocenters. The quantitative estimate of drug-likeness (QED) is 0.271. The summed E-state index contributed by atoms with van der Waals surface area (Å²) in [4.78, 5) is 26.8. The molecule has 1 N–H and O–H groups in total. The average Bonchev–Trinajstić information content (AvgIpc) is 3.60. The van der Waals surface area contributed by atoms with E-state index in [1.54, 1.807) is 0 Å². The molecule has 0 saturated heterocycles. The summed E-state index contributed by atoms with van der Waals surface area (Å²) >= 11 is 0. The molecule has 1 aliphatic heterocycles. The summed E-state index contributed by atoms with van der Waals surface area (Å²) < 4.78 is 4.30. The number of hydrogen-bond donors (Lipinski definition) is 1. The Hall–Kier alpha value is -5.16. The van der Waals surface area contributed by atoms with Crippen LogP contribution in [0.2, 0.25) is 0 Å². The van der Waals surface area contributed by atoms with Gasteiger partial charge in [-0.2, -0.15) is 0 Å². The van der Waals surface area contributed by atoms with Crippen molar-refractivity contribution in [2.24, 2.45) is 0 Å². The van der Waals surface area contributed by atoms with Crippen LogP contribution in [0.15, 0.2) is 122 Å². The van der Waals surface area contributed by atoms with Gasteiger partial charge < -0.3 is 9.13 Å². The van der Waals surface area contributed by atoms with E-state index in [0.717, 1.165) is 44.1 Å². The minimum Gasteiger partial charge on any atom is -0.342 e. The van der Waals surface area contributed by atoms with Gasteiger partial charge in [0.15, 0.2) is 0 Å². The van der Waals surface area contributed by atoms with E-state index >= 15 is 0 Å². The zero-order valence-electron chi connectivity index (χ0n) is 21.2. The molecule has 188 valence electrons. The Morgan fingerprint density at radius 1 is 0.487 bits per heavy atom. The van der Waals surface area contributed by atoms with Crippen molar-refractivity contribution in [1.82, 2.24) is 14.5 Å². The molecule has 0 radical (unpaired) electrons. The van der Waals surface area contributed by atoms with Crippen molar-refractivity contribution in [3.05, 3.63) is 144 Å². The SMILES string of the molecule is O=C1NC(=O)C(c2cn(Cc3ccccc3)c3ccccc23)=C1c1cn(Cc2ccccc2)c2ccccc12. The molecular formula is C34H25N3O2. The minimum atomic E-state index is -0.363. The first kappa shape index (κ1) is 23.0. The van der Waals surface area contributed by atoms with E-state index in [1.165, 1.54) is 0 Å². The fourth-order valence-electron chi connectivity index (χ4n) is 5.68. The van der Waals surface area contributed by atoms with Gasteiger partial charge in [-0.25, -0.2) is 0 Å². The molecule has 39 heavy (non-hydrogen) atoms. The molecule has 0 spiro atoms. The maximum Gasteiger partial charge on any atom is 0.259 e. The summed E-state index contributed by atoms with van der Waals surface area (Å²) in [5.41, 5.74) is 6.73. The molecule has 3 heterocycles. The molecular weight excluding hydrogens is 482 g/mol. The van der Waals surface area contributed by atoms with Gasteiger partial charge in [0.1, 0.15) is 0 Å². The fourth-order valence-corrected chi connectivity index (χ4v) is 5.68. The number of para-hydroxylation sites is 2. The number of imide groups is 1. The zero-order chi connectivity index (χ0) is 26.3. The van der Waals surface area contributed by atoms with Gasteiger partial charge in [-0.05, 0) is 23.3 Å². The van der Waals surface area contributed by atoms with Crippen LogP contribution in [-0.2, 0) is 22.7 Å². The maximum absolute atomic E-state index is 13.4. The van der Waals surface area contributed by atoms with Crippen LogP contribution in [0.5, 0.6) is 0 Å². The second-order valence-electron chi connectivity index (χ2n) is 9.88. The first-order chi connectivity index (χ1) is 19.2. The highest BCUT2D eigenvalue weighted by atomic mass is 16.2. The van der Waals surface area contributed by atoms with Crippen LogP contribution in [-0.4, -0.2) is 20.9 Å². The highest BCUT2D eigenvalue weighted by Crippen LogP contribution is 2.39. The van der Waals surface area contributed by atoms with Crippen molar-refractivity contribution >= 4 is 44.8 Å².